The fourth-order valence-electron chi connectivity index (χ4n) is 3.16. The van der Waals surface area contributed by atoms with Crippen LogP contribution in [0.1, 0.15) is 5.56 Å². The molecule has 4 aromatic rings. The molecule has 0 bridgehead atoms. The number of benzene rings is 1. The fraction of sp³-hybridized carbons (Fsp3) is 0.0952. The third kappa shape index (κ3) is 2.95. The number of nitrogens with zero attached hydrogens (tertiary/aromatic N) is 4. The van der Waals surface area contributed by atoms with Crippen LogP contribution < -0.4 is 0 Å². The van der Waals surface area contributed by atoms with Gasteiger partial charge in [0.05, 0.1) is 17.6 Å². The van der Waals surface area contributed by atoms with Crippen molar-refractivity contribution in [3.8, 4) is 39.4 Å². The summed E-state index contributed by atoms with van der Waals surface area (Å²) >= 11 is 0. The molecule has 1 aromatic carbocycles. The average molecular weight is 342 g/mol. The molecule has 0 amide bonds. The third-order valence-electron chi connectivity index (χ3n) is 4.30. The Kier molecular flexibility index (Phi) is 3.97. The van der Waals surface area contributed by atoms with E-state index in [1.165, 1.54) is 0 Å². The molecule has 0 spiro atoms. The summed E-state index contributed by atoms with van der Waals surface area (Å²) in [6, 6.07) is 13.4. The van der Waals surface area contributed by atoms with Gasteiger partial charge in [0.25, 0.3) is 0 Å². The van der Waals surface area contributed by atoms with Crippen LogP contribution in [0.2, 0.25) is 0 Å². The number of phenolic OH excluding ortho intramolecular Hbond substituents is 1. The molecule has 0 saturated heterocycles. The Morgan fingerprint density at radius 3 is 2.58 bits per heavy atom. The molecule has 4 rings (SSSR count). The molecule has 0 atom stereocenters. The second kappa shape index (κ2) is 6.44. The zero-order valence-electron chi connectivity index (χ0n) is 14.6. The third-order valence-corrected chi connectivity index (χ3v) is 4.30. The van der Waals surface area contributed by atoms with E-state index in [1.807, 2.05) is 55.2 Å². The molecule has 128 valence electrons. The molecular weight excluding hydrogens is 324 g/mol. The highest BCUT2D eigenvalue weighted by atomic mass is 16.3. The summed E-state index contributed by atoms with van der Waals surface area (Å²) in [7, 11) is 1.90. The molecule has 3 aromatic heterocycles. The molecule has 5 heteroatoms. The van der Waals surface area contributed by atoms with Crippen LogP contribution in [0.4, 0.5) is 0 Å². The molecule has 3 heterocycles. The van der Waals surface area contributed by atoms with Crippen LogP contribution in [0.25, 0.3) is 33.6 Å². The Morgan fingerprint density at radius 1 is 0.923 bits per heavy atom. The fourth-order valence-corrected chi connectivity index (χ4v) is 3.16. The number of phenols is 1. The van der Waals surface area contributed by atoms with E-state index in [2.05, 4.69) is 15.1 Å². The SMILES string of the molecule is Cc1cc(O)cc(-c2c(-c3ccnc(-c4cccnc4)c3)cnn2C)c1. The van der Waals surface area contributed by atoms with Crippen molar-refractivity contribution in [3.05, 3.63) is 72.8 Å². The molecular formula is C21H18N4O. The lowest BCUT2D eigenvalue weighted by Crippen LogP contribution is -1.95. The summed E-state index contributed by atoms with van der Waals surface area (Å²) in [5.41, 5.74) is 6.71. The lowest BCUT2D eigenvalue weighted by molar-refractivity contribution is 0.475. The van der Waals surface area contributed by atoms with Gasteiger partial charge in [-0.3, -0.25) is 14.6 Å². The number of aryl methyl sites for hydroxylation is 2. The lowest BCUT2D eigenvalue weighted by atomic mass is 9.99. The first-order chi connectivity index (χ1) is 12.6. The van der Waals surface area contributed by atoms with Gasteiger partial charge in [-0.25, -0.2) is 0 Å². The van der Waals surface area contributed by atoms with Crippen LogP contribution in [-0.2, 0) is 7.05 Å². The summed E-state index contributed by atoms with van der Waals surface area (Å²) < 4.78 is 1.83. The molecule has 0 saturated carbocycles. The van der Waals surface area contributed by atoms with Gasteiger partial charge in [0.2, 0.25) is 0 Å². The number of hydrogen-bond donors (Lipinski definition) is 1. The molecule has 0 unspecified atom stereocenters. The molecule has 0 aliphatic heterocycles. The zero-order valence-corrected chi connectivity index (χ0v) is 14.6. The van der Waals surface area contributed by atoms with E-state index >= 15 is 0 Å². The zero-order chi connectivity index (χ0) is 18.1. The van der Waals surface area contributed by atoms with Crippen molar-refractivity contribution in [1.29, 1.82) is 0 Å². The van der Waals surface area contributed by atoms with Gasteiger partial charge in [-0.1, -0.05) is 0 Å². The number of hydrogen-bond acceptors (Lipinski definition) is 4. The van der Waals surface area contributed by atoms with Gasteiger partial charge in [0.1, 0.15) is 5.75 Å². The minimum atomic E-state index is 0.248. The van der Waals surface area contributed by atoms with Crippen LogP contribution >= 0.6 is 0 Å². The summed E-state index contributed by atoms with van der Waals surface area (Å²) in [5.74, 6) is 0.248. The quantitative estimate of drug-likeness (QED) is 0.605. The van der Waals surface area contributed by atoms with Crippen molar-refractivity contribution < 1.29 is 5.11 Å². The molecule has 0 aliphatic rings. The Labute approximate surface area is 151 Å². The molecule has 1 N–H and O–H groups in total. The maximum atomic E-state index is 9.99. The van der Waals surface area contributed by atoms with E-state index in [9.17, 15) is 5.11 Å². The minimum Gasteiger partial charge on any atom is -0.508 e. The average Bonchev–Trinajstić information content (AvgIpc) is 3.03. The van der Waals surface area contributed by atoms with E-state index < -0.39 is 0 Å². The number of aromatic nitrogens is 4. The standard InChI is InChI=1S/C21H18N4O/c1-14-8-17(10-18(26)9-14)21-19(13-24-25(21)2)15-5-7-23-20(11-15)16-4-3-6-22-12-16/h3-13,26H,1-2H3. The highest BCUT2D eigenvalue weighted by Gasteiger charge is 2.15. The minimum absolute atomic E-state index is 0.248. The topological polar surface area (TPSA) is 63.8 Å². The van der Waals surface area contributed by atoms with Crippen molar-refractivity contribution in [3.63, 3.8) is 0 Å². The molecule has 26 heavy (non-hydrogen) atoms. The molecule has 0 fully saturated rings. The van der Waals surface area contributed by atoms with Gasteiger partial charge in [-0.2, -0.15) is 5.10 Å². The van der Waals surface area contributed by atoms with Gasteiger partial charge in [0, 0.05) is 42.3 Å². The van der Waals surface area contributed by atoms with Crippen LogP contribution in [0.3, 0.4) is 0 Å². The van der Waals surface area contributed by atoms with E-state index in [0.717, 1.165) is 39.2 Å². The van der Waals surface area contributed by atoms with Gasteiger partial charge < -0.3 is 5.11 Å². The van der Waals surface area contributed by atoms with Gasteiger partial charge >= 0.3 is 0 Å². The van der Waals surface area contributed by atoms with E-state index in [1.54, 1.807) is 30.7 Å². The first kappa shape index (κ1) is 16.0. The second-order valence-electron chi connectivity index (χ2n) is 6.26. The van der Waals surface area contributed by atoms with E-state index in [0.29, 0.717) is 0 Å². The van der Waals surface area contributed by atoms with Crippen LogP contribution in [0.5, 0.6) is 5.75 Å². The monoisotopic (exact) mass is 342 g/mol. The van der Waals surface area contributed by atoms with Crippen molar-refractivity contribution in [2.75, 3.05) is 0 Å². The predicted molar refractivity (Wildman–Crippen MR) is 102 cm³/mol. The molecule has 0 radical (unpaired) electrons. The van der Waals surface area contributed by atoms with Gasteiger partial charge in [-0.05, 0) is 60.5 Å². The maximum Gasteiger partial charge on any atom is 0.116 e. The smallest absolute Gasteiger partial charge is 0.116 e. The van der Waals surface area contributed by atoms with E-state index in [4.69, 9.17) is 0 Å². The predicted octanol–water partition coefficient (Wildman–Crippen LogP) is 4.23. The van der Waals surface area contributed by atoms with E-state index in [-0.39, 0.29) is 5.75 Å². The van der Waals surface area contributed by atoms with Crippen molar-refractivity contribution in [1.82, 2.24) is 19.7 Å². The Morgan fingerprint density at radius 2 is 1.81 bits per heavy atom. The first-order valence-electron chi connectivity index (χ1n) is 8.31. The highest BCUT2D eigenvalue weighted by Crippen LogP contribution is 2.34. The highest BCUT2D eigenvalue weighted by molar-refractivity contribution is 5.83. The maximum absolute atomic E-state index is 9.99. The Hall–Kier alpha value is -3.47. The van der Waals surface area contributed by atoms with Crippen LogP contribution in [-0.4, -0.2) is 24.9 Å². The molecule has 5 nitrogen and oxygen atoms in total. The summed E-state index contributed by atoms with van der Waals surface area (Å²) in [6.45, 7) is 1.96. The van der Waals surface area contributed by atoms with Crippen LogP contribution in [0.15, 0.2) is 67.3 Å². The van der Waals surface area contributed by atoms with Gasteiger partial charge in [-0.15, -0.1) is 0 Å². The number of rotatable bonds is 3. The number of aromatic hydroxyl groups is 1. The number of pyridine rings is 2. The first-order valence-corrected chi connectivity index (χ1v) is 8.31. The largest absolute Gasteiger partial charge is 0.508 e. The van der Waals surface area contributed by atoms with Crippen LogP contribution in [0, 0.1) is 6.92 Å². The van der Waals surface area contributed by atoms with Crippen molar-refractivity contribution >= 4 is 0 Å². The normalized spacial score (nSPS) is 10.8. The van der Waals surface area contributed by atoms with Crippen molar-refractivity contribution in [2.24, 2.45) is 7.05 Å². The second-order valence-corrected chi connectivity index (χ2v) is 6.26. The summed E-state index contributed by atoms with van der Waals surface area (Å²) in [6.07, 6.45) is 7.19. The van der Waals surface area contributed by atoms with Crippen molar-refractivity contribution in [2.45, 2.75) is 6.92 Å². The Bertz CT molecular complexity index is 1050. The summed E-state index contributed by atoms with van der Waals surface area (Å²) in [5, 5.41) is 14.4. The Balaban J connectivity index is 1.85. The molecule has 0 aliphatic carbocycles. The van der Waals surface area contributed by atoms with Gasteiger partial charge in [0.15, 0.2) is 0 Å². The summed E-state index contributed by atoms with van der Waals surface area (Å²) in [4.78, 5) is 8.63. The lowest BCUT2D eigenvalue weighted by Gasteiger charge is -2.09.